The first-order chi connectivity index (χ1) is 21.2. The summed E-state index contributed by atoms with van der Waals surface area (Å²) in [7, 11) is 0. The van der Waals surface area contributed by atoms with E-state index >= 15 is 0 Å². The molecular weight excluding hydrogens is 552 g/mol. The minimum absolute atomic E-state index is 0.0757. The topological polar surface area (TPSA) is 95.0 Å². The lowest BCUT2D eigenvalue weighted by molar-refractivity contribution is -0.126. The summed E-state index contributed by atoms with van der Waals surface area (Å²) in [6.45, 7) is 9.35. The molecule has 2 aliphatic heterocycles. The van der Waals surface area contributed by atoms with Gasteiger partial charge in [-0.1, -0.05) is 79.4 Å². The first-order valence-electron chi connectivity index (χ1n) is 14.9. The van der Waals surface area contributed by atoms with Gasteiger partial charge in [0.25, 0.3) is 0 Å². The zero-order valence-corrected chi connectivity index (χ0v) is 24.4. The molecule has 1 N–H and O–H groups in total. The smallest absolute Gasteiger partial charge is 0.238 e. The van der Waals surface area contributed by atoms with Gasteiger partial charge in [-0.25, -0.2) is 0 Å². The SMILES string of the molecule is C=Cc1ccc(N2C(=O)C3CC=C4C(CC5C(=O)N(c6ccc(C=C)cc6)C(=O)C5C4c4cccc(C)c4O)C3C2=O)cc1. The largest absolute Gasteiger partial charge is 0.507 e. The number of imide groups is 2. The molecule has 2 saturated heterocycles. The van der Waals surface area contributed by atoms with Crippen LogP contribution in [0.4, 0.5) is 11.4 Å². The number of anilines is 2. The Morgan fingerprint density at radius 1 is 0.705 bits per heavy atom. The molecule has 6 atom stereocenters. The summed E-state index contributed by atoms with van der Waals surface area (Å²) in [5.74, 6) is -4.85. The van der Waals surface area contributed by atoms with Crippen molar-refractivity contribution in [2.45, 2.75) is 25.7 Å². The van der Waals surface area contributed by atoms with Crippen LogP contribution in [0.5, 0.6) is 5.75 Å². The molecule has 4 aliphatic rings. The van der Waals surface area contributed by atoms with Crippen LogP contribution in [0, 0.1) is 36.5 Å². The lowest BCUT2D eigenvalue weighted by Gasteiger charge is -2.44. The highest BCUT2D eigenvalue weighted by atomic mass is 16.3. The number of nitrogens with zero attached hydrogens (tertiary/aromatic N) is 2. The summed E-state index contributed by atoms with van der Waals surface area (Å²) in [5.41, 5.74) is 4.79. The lowest BCUT2D eigenvalue weighted by Crippen LogP contribution is -2.43. The fourth-order valence-electron chi connectivity index (χ4n) is 7.90. The van der Waals surface area contributed by atoms with E-state index < -0.39 is 35.5 Å². The highest BCUT2D eigenvalue weighted by Gasteiger charge is 2.62. The second-order valence-electron chi connectivity index (χ2n) is 12.2. The Balaban J connectivity index is 1.33. The number of aromatic hydroxyl groups is 1. The first kappa shape index (κ1) is 27.8. The molecule has 3 aromatic rings. The standard InChI is InChI=1S/C37H32N2O5/c1-4-21-9-13-23(14-10-21)38-34(41)27-18-17-25-28(31(27)36(38)43)19-29-32(30(25)26-8-6-7-20(3)33(26)40)37(44)39(35(29)42)24-15-11-22(5-2)12-16-24/h4-17,27-32,40H,1-2,18-19H2,3H3. The summed E-state index contributed by atoms with van der Waals surface area (Å²) in [5, 5.41) is 11.3. The Morgan fingerprint density at radius 3 is 1.82 bits per heavy atom. The van der Waals surface area contributed by atoms with Crippen molar-refractivity contribution in [1.29, 1.82) is 0 Å². The van der Waals surface area contributed by atoms with Crippen molar-refractivity contribution in [3.05, 3.63) is 114 Å². The number of para-hydroxylation sites is 1. The fraction of sp³-hybridized carbons (Fsp3) is 0.243. The second kappa shape index (κ2) is 10.3. The Hall–Kier alpha value is -5.04. The van der Waals surface area contributed by atoms with E-state index in [1.165, 1.54) is 9.80 Å². The average molecular weight is 585 g/mol. The van der Waals surface area contributed by atoms with Gasteiger partial charge in [-0.15, -0.1) is 0 Å². The quantitative estimate of drug-likeness (QED) is 0.292. The molecule has 3 aromatic carbocycles. The van der Waals surface area contributed by atoms with Crippen LogP contribution in [0.3, 0.4) is 0 Å². The molecule has 2 heterocycles. The van der Waals surface area contributed by atoms with Gasteiger partial charge in [-0.05, 0) is 66.6 Å². The molecule has 44 heavy (non-hydrogen) atoms. The summed E-state index contributed by atoms with van der Waals surface area (Å²) in [4.78, 5) is 58.8. The third-order valence-electron chi connectivity index (χ3n) is 10.0. The van der Waals surface area contributed by atoms with Gasteiger partial charge in [-0.3, -0.25) is 29.0 Å². The summed E-state index contributed by atoms with van der Waals surface area (Å²) in [6.07, 6.45) is 6.00. The van der Waals surface area contributed by atoms with E-state index in [0.717, 1.165) is 16.7 Å². The molecule has 0 bridgehead atoms. The summed E-state index contributed by atoms with van der Waals surface area (Å²) < 4.78 is 0. The number of rotatable bonds is 5. The van der Waals surface area contributed by atoms with Crippen LogP contribution in [0.2, 0.25) is 0 Å². The first-order valence-corrected chi connectivity index (χ1v) is 14.9. The number of fused-ring (bicyclic) bond motifs is 4. The maximum atomic E-state index is 14.2. The van der Waals surface area contributed by atoms with E-state index in [2.05, 4.69) is 13.2 Å². The molecule has 7 rings (SSSR count). The zero-order valence-electron chi connectivity index (χ0n) is 24.4. The van der Waals surface area contributed by atoms with Crippen LogP contribution in [-0.2, 0) is 19.2 Å². The highest BCUT2D eigenvalue weighted by molar-refractivity contribution is 6.24. The van der Waals surface area contributed by atoms with Crippen molar-refractivity contribution in [1.82, 2.24) is 0 Å². The number of phenolic OH excluding ortho intramolecular Hbond substituents is 1. The number of allylic oxidation sites excluding steroid dienone is 2. The van der Waals surface area contributed by atoms with Gasteiger partial charge in [-0.2, -0.15) is 0 Å². The molecule has 7 heteroatoms. The van der Waals surface area contributed by atoms with Gasteiger partial charge in [0, 0.05) is 11.5 Å². The van der Waals surface area contributed by atoms with Gasteiger partial charge in [0.2, 0.25) is 23.6 Å². The van der Waals surface area contributed by atoms with Crippen LogP contribution in [0.15, 0.2) is 91.5 Å². The Bertz CT molecular complexity index is 1790. The number of carbonyl (C=O) groups is 4. The van der Waals surface area contributed by atoms with Crippen molar-refractivity contribution in [2.75, 3.05) is 9.80 Å². The number of hydrogen-bond donors (Lipinski definition) is 1. The predicted octanol–water partition coefficient (Wildman–Crippen LogP) is 6.03. The van der Waals surface area contributed by atoms with Gasteiger partial charge >= 0.3 is 0 Å². The third kappa shape index (κ3) is 3.95. The Labute approximate surface area is 255 Å². The van der Waals surface area contributed by atoms with Crippen LogP contribution < -0.4 is 9.80 Å². The van der Waals surface area contributed by atoms with E-state index in [0.29, 0.717) is 28.9 Å². The monoisotopic (exact) mass is 584 g/mol. The third-order valence-corrected chi connectivity index (χ3v) is 10.0. The number of benzene rings is 3. The average Bonchev–Trinajstić information content (AvgIpc) is 3.45. The van der Waals surface area contributed by atoms with Crippen molar-refractivity contribution in [2.24, 2.45) is 29.6 Å². The molecular formula is C37H32N2O5. The van der Waals surface area contributed by atoms with Crippen molar-refractivity contribution in [3.8, 4) is 5.75 Å². The minimum atomic E-state index is -0.747. The van der Waals surface area contributed by atoms with Crippen LogP contribution in [0.1, 0.15) is 41.0 Å². The molecule has 1 saturated carbocycles. The van der Waals surface area contributed by atoms with Crippen LogP contribution >= 0.6 is 0 Å². The van der Waals surface area contributed by atoms with Crippen LogP contribution in [-0.4, -0.2) is 28.7 Å². The van der Waals surface area contributed by atoms with Gasteiger partial charge in [0.1, 0.15) is 5.75 Å². The minimum Gasteiger partial charge on any atom is -0.507 e. The van der Waals surface area contributed by atoms with E-state index in [-0.39, 0.29) is 35.8 Å². The van der Waals surface area contributed by atoms with Crippen molar-refractivity contribution < 1.29 is 24.3 Å². The normalized spacial score (nSPS) is 27.5. The second-order valence-corrected chi connectivity index (χ2v) is 12.2. The van der Waals surface area contributed by atoms with E-state index in [1.54, 1.807) is 67.6 Å². The molecule has 2 aliphatic carbocycles. The summed E-state index contributed by atoms with van der Waals surface area (Å²) >= 11 is 0. The highest BCUT2D eigenvalue weighted by Crippen LogP contribution is 2.59. The molecule has 0 radical (unpaired) electrons. The number of carbonyl (C=O) groups excluding carboxylic acids is 4. The van der Waals surface area contributed by atoms with Crippen LogP contribution in [0.25, 0.3) is 12.2 Å². The van der Waals surface area contributed by atoms with Gasteiger partial charge in [0.15, 0.2) is 0 Å². The number of aryl methyl sites for hydroxylation is 1. The maximum Gasteiger partial charge on any atom is 0.238 e. The molecule has 0 spiro atoms. The van der Waals surface area contributed by atoms with Gasteiger partial charge < -0.3 is 5.11 Å². The maximum absolute atomic E-state index is 14.2. The van der Waals surface area contributed by atoms with Gasteiger partial charge in [0.05, 0.1) is 35.0 Å². The number of hydrogen-bond acceptors (Lipinski definition) is 5. The molecule has 4 amide bonds. The lowest BCUT2D eigenvalue weighted by atomic mass is 9.57. The Morgan fingerprint density at radius 2 is 1.25 bits per heavy atom. The predicted molar refractivity (Wildman–Crippen MR) is 168 cm³/mol. The molecule has 0 aromatic heterocycles. The van der Waals surface area contributed by atoms with Crippen molar-refractivity contribution in [3.63, 3.8) is 0 Å². The molecule has 6 unspecified atom stereocenters. The fourth-order valence-corrected chi connectivity index (χ4v) is 7.90. The molecule has 7 nitrogen and oxygen atoms in total. The van der Waals surface area contributed by atoms with E-state index in [4.69, 9.17) is 0 Å². The van der Waals surface area contributed by atoms with E-state index in [1.807, 2.05) is 24.3 Å². The van der Waals surface area contributed by atoms with E-state index in [9.17, 15) is 24.3 Å². The number of amides is 4. The number of phenols is 1. The zero-order chi connectivity index (χ0) is 30.9. The molecule has 220 valence electrons. The van der Waals surface area contributed by atoms with Crippen molar-refractivity contribution >= 4 is 47.2 Å². The molecule has 3 fully saturated rings. The Kier molecular flexibility index (Phi) is 6.50. The summed E-state index contributed by atoms with van der Waals surface area (Å²) in [6, 6.07) is 19.6.